The Labute approximate surface area is 147 Å². The highest BCUT2D eigenvalue weighted by Crippen LogP contribution is 2.31. The number of aromatic nitrogens is 1. The molecule has 26 heavy (non-hydrogen) atoms. The molecule has 0 aliphatic carbocycles. The summed E-state index contributed by atoms with van der Waals surface area (Å²) in [6.45, 7) is 0. The van der Waals surface area contributed by atoms with Gasteiger partial charge in [-0.05, 0) is 6.07 Å². The van der Waals surface area contributed by atoms with Crippen LogP contribution in [0.3, 0.4) is 0 Å². The van der Waals surface area contributed by atoms with Gasteiger partial charge in [0.2, 0.25) is 15.9 Å². The van der Waals surface area contributed by atoms with E-state index in [0.29, 0.717) is 18.4 Å². The minimum atomic E-state index is -3.96. The molecule has 2 aromatic rings. The normalized spacial score (nSPS) is 10.7. The third kappa shape index (κ3) is 4.22. The molecule has 0 aliphatic rings. The SMILES string of the molecule is COc1ccnc(Oc2cc(F)c(C(=O)NS(C)(=O)=O)cc2F)c1C#N. The van der Waals surface area contributed by atoms with E-state index in [1.807, 2.05) is 0 Å². The number of nitriles is 1. The molecular formula is C15H11F2N3O5S. The lowest BCUT2D eigenvalue weighted by Crippen LogP contribution is -2.30. The summed E-state index contributed by atoms with van der Waals surface area (Å²) in [5.41, 5.74) is -0.979. The molecule has 0 bridgehead atoms. The highest BCUT2D eigenvalue weighted by atomic mass is 32.2. The number of benzene rings is 1. The first-order valence-electron chi connectivity index (χ1n) is 6.78. The van der Waals surface area contributed by atoms with Gasteiger partial charge < -0.3 is 9.47 Å². The second kappa shape index (κ2) is 7.32. The molecule has 1 N–H and O–H groups in total. The summed E-state index contributed by atoms with van der Waals surface area (Å²) in [5, 5.41) is 9.13. The largest absolute Gasteiger partial charge is 0.495 e. The summed E-state index contributed by atoms with van der Waals surface area (Å²) in [5.74, 6) is -4.62. The molecule has 11 heteroatoms. The molecule has 0 unspecified atom stereocenters. The minimum Gasteiger partial charge on any atom is -0.495 e. The maximum absolute atomic E-state index is 14.2. The number of rotatable bonds is 5. The van der Waals surface area contributed by atoms with Crippen LogP contribution in [0.25, 0.3) is 0 Å². The number of hydrogen-bond donors (Lipinski definition) is 1. The number of ether oxygens (including phenoxy) is 2. The van der Waals surface area contributed by atoms with Crippen molar-refractivity contribution in [2.24, 2.45) is 0 Å². The molecule has 136 valence electrons. The zero-order chi connectivity index (χ0) is 19.5. The van der Waals surface area contributed by atoms with Crippen LogP contribution in [-0.4, -0.2) is 32.7 Å². The number of pyridine rings is 1. The van der Waals surface area contributed by atoms with Crippen molar-refractivity contribution >= 4 is 15.9 Å². The summed E-state index contributed by atoms with van der Waals surface area (Å²) in [4.78, 5) is 15.4. The van der Waals surface area contributed by atoms with Gasteiger partial charge >= 0.3 is 0 Å². The average molecular weight is 383 g/mol. The van der Waals surface area contributed by atoms with E-state index in [9.17, 15) is 22.0 Å². The van der Waals surface area contributed by atoms with E-state index >= 15 is 0 Å². The zero-order valence-electron chi connectivity index (χ0n) is 13.4. The molecule has 8 nitrogen and oxygen atoms in total. The van der Waals surface area contributed by atoms with E-state index in [-0.39, 0.29) is 17.2 Å². The number of halogens is 2. The lowest BCUT2D eigenvalue weighted by molar-refractivity contribution is 0.0977. The number of methoxy groups -OCH3 is 1. The van der Waals surface area contributed by atoms with E-state index in [2.05, 4.69) is 4.98 Å². The van der Waals surface area contributed by atoms with Crippen LogP contribution in [-0.2, 0) is 10.0 Å². The van der Waals surface area contributed by atoms with E-state index in [0.717, 1.165) is 0 Å². The predicted molar refractivity (Wildman–Crippen MR) is 84.2 cm³/mol. The number of amides is 1. The fourth-order valence-electron chi connectivity index (χ4n) is 1.88. The summed E-state index contributed by atoms with van der Waals surface area (Å²) in [6.07, 6.45) is 1.92. The van der Waals surface area contributed by atoms with Gasteiger partial charge in [-0.2, -0.15) is 5.26 Å². The van der Waals surface area contributed by atoms with Crippen molar-refractivity contribution < 1.29 is 31.5 Å². The smallest absolute Gasteiger partial charge is 0.267 e. The van der Waals surface area contributed by atoms with Gasteiger partial charge in [0.25, 0.3) is 5.91 Å². The summed E-state index contributed by atoms with van der Waals surface area (Å²) < 4.78 is 61.9. The van der Waals surface area contributed by atoms with Crippen LogP contribution >= 0.6 is 0 Å². The van der Waals surface area contributed by atoms with Gasteiger partial charge in [-0.25, -0.2) is 26.9 Å². The Morgan fingerprint density at radius 2 is 1.96 bits per heavy atom. The highest BCUT2D eigenvalue weighted by molar-refractivity contribution is 7.89. The fourth-order valence-corrected chi connectivity index (χ4v) is 2.33. The first-order chi connectivity index (χ1) is 12.2. The standard InChI is InChI=1S/C15H11F2N3O5S/c1-24-12-3-4-19-15(9(12)7-18)25-13-6-10(16)8(5-11(13)17)14(21)20-26(2,22)23/h3-6H,1-2H3,(H,20,21). The first kappa shape index (κ1) is 19.1. The Kier molecular flexibility index (Phi) is 5.37. The minimum absolute atomic E-state index is 0.113. The van der Waals surface area contributed by atoms with Crippen molar-refractivity contribution in [3.05, 3.63) is 47.2 Å². The first-order valence-corrected chi connectivity index (χ1v) is 8.67. The molecule has 1 aromatic carbocycles. The van der Waals surface area contributed by atoms with E-state index < -0.39 is 38.9 Å². The van der Waals surface area contributed by atoms with Crippen LogP contribution in [0.2, 0.25) is 0 Å². The van der Waals surface area contributed by atoms with Crippen LogP contribution in [0.5, 0.6) is 17.4 Å². The maximum Gasteiger partial charge on any atom is 0.267 e. The average Bonchev–Trinajstić information content (AvgIpc) is 2.55. The second-order valence-corrected chi connectivity index (χ2v) is 6.62. The molecule has 1 heterocycles. The van der Waals surface area contributed by atoms with Gasteiger partial charge in [0.15, 0.2) is 17.1 Å². The molecule has 0 radical (unpaired) electrons. The maximum atomic E-state index is 14.2. The predicted octanol–water partition coefficient (Wildman–Crippen LogP) is 1.72. The van der Waals surface area contributed by atoms with Crippen molar-refractivity contribution in [1.29, 1.82) is 5.26 Å². The molecule has 1 amide bonds. The van der Waals surface area contributed by atoms with Crippen molar-refractivity contribution in [3.63, 3.8) is 0 Å². The summed E-state index contributed by atoms with van der Waals surface area (Å²) >= 11 is 0. The Bertz CT molecular complexity index is 1020. The fraction of sp³-hybridized carbons (Fsp3) is 0.133. The Morgan fingerprint density at radius 1 is 1.27 bits per heavy atom. The Balaban J connectivity index is 2.41. The third-order valence-corrected chi connectivity index (χ3v) is 3.52. The number of carbonyl (C=O) groups is 1. The quantitative estimate of drug-likeness (QED) is 0.835. The van der Waals surface area contributed by atoms with Gasteiger partial charge in [-0.1, -0.05) is 0 Å². The van der Waals surface area contributed by atoms with Gasteiger partial charge in [-0.15, -0.1) is 0 Å². The lowest BCUT2D eigenvalue weighted by atomic mass is 10.2. The van der Waals surface area contributed by atoms with Crippen LogP contribution < -0.4 is 14.2 Å². The monoisotopic (exact) mass is 383 g/mol. The topological polar surface area (TPSA) is 118 Å². The molecule has 0 atom stereocenters. The Hall–Kier alpha value is -3.26. The van der Waals surface area contributed by atoms with Crippen molar-refractivity contribution in [3.8, 4) is 23.4 Å². The molecule has 0 saturated carbocycles. The molecule has 2 rings (SSSR count). The molecule has 0 fully saturated rings. The number of nitrogens with one attached hydrogen (secondary N) is 1. The lowest BCUT2D eigenvalue weighted by Gasteiger charge is -2.11. The van der Waals surface area contributed by atoms with Crippen LogP contribution in [0.1, 0.15) is 15.9 Å². The second-order valence-electron chi connectivity index (χ2n) is 4.87. The van der Waals surface area contributed by atoms with E-state index in [4.69, 9.17) is 14.7 Å². The zero-order valence-corrected chi connectivity index (χ0v) is 14.2. The molecule has 0 aliphatic heterocycles. The summed E-state index contributed by atoms with van der Waals surface area (Å²) in [6, 6.07) is 4.15. The van der Waals surface area contributed by atoms with Gasteiger partial charge in [0.1, 0.15) is 17.6 Å². The molecule has 1 aromatic heterocycles. The Morgan fingerprint density at radius 3 is 2.54 bits per heavy atom. The van der Waals surface area contributed by atoms with Crippen molar-refractivity contribution in [2.45, 2.75) is 0 Å². The number of carbonyl (C=O) groups excluding carboxylic acids is 1. The number of hydrogen-bond acceptors (Lipinski definition) is 7. The van der Waals surface area contributed by atoms with Crippen LogP contribution in [0.4, 0.5) is 8.78 Å². The molecule has 0 spiro atoms. The van der Waals surface area contributed by atoms with Crippen molar-refractivity contribution in [1.82, 2.24) is 9.71 Å². The number of sulfonamides is 1. The third-order valence-electron chi connectivity index (χ3n) is 2.96. The summed E-state index contributed by atoms with van der Waals surface area (Å²) in [7, 11) is -2.66. The van der Waals surface area contributed by atoms with Crippen LogP contribution in [0.15, 0.2) is 24.4 Å². The van der Waals surface area contributed by atoms with E-state index in [1.54, 1.807) is 6.07 Å². The van der Waals surface area contributed by atoms with Gasteiger partial charge in [0.05, 0.1) is 18.9 Å². The van der Waals surface area contributed by atoms with E-state index in [1.165, 1.54) is 24.1 Å². The van der Waals surface area contributed by atoms with Crippen molar-refractivity contribution in [2.75, 3.05) is 13.4 Å². The van der Waals surface area contributed by atoms with Gasteiger partial charge in [-0.3, -0.25) is 4.79 Å². The van der Waals surface area contributed by atoms with Gasteiger partial charge in [0, 0.05) is 18.3 Å². The van der Waals surface area contributed by atoms with Crippen LogP contribution in [0, 0.1) is 23.0 Å². The molecule has 0 saturated heterocycles. The molecular weight excluding hydrogens is 372 g/mol. The highest BCUT2D eigenvalue weighted by Gasteiger charge is 2.21. The number of nitrogens with zero attached hydrogens (tertiary/aromatic N) is 2.